The van der Waals surface area contributed by atoms with E-state index in [-0.39, 0.29) is 0 Å². The SMILES string of the molecule is CCCc1nc(N(CC)CC)nc(NC)c1I. The number of anilines is 2. The second-order valence-electron chi connectivity index (χ2n) is 3.81. The van der Waals surface area contributed by atoms with E-state index in [2.05, 4.69) is 63.5 Å². The van der Waals surface area contributed by atoms with Crippen molar-refractivity contribution in [3.8, 4) is 0 Å². The Labute approximate surface area is 117 Å². The highest BCUT2D eigenvalue weighted by Crippen LogP contribution is 2.23. The van der Waals surface area contributed by atoms with Crippen LogP contribution >= 0.6 is 22.6 Å². The maximum Gasteiger partial charge on any atom is 0.227 e. The molecular weight excluding hydrogens is 327 g/mol. The van der Waals surface area contributed by atoms with Gasteiger partial charge in [0.1, 0.15) is 5.82 Å². The minimum Gasteiger partial charge on any atom is -0.372 e. The van der Waals surface area contributed by atoms with Gasteiger partial charge in [-0.3, -0.25) is 0 Å². The number of rotatable bonds is 6. The zero-order chi connectivity index (χ0) is 12.8. The Hall–Kier alpha value is -0.590. The summed E-state index contributed by atoms with van der Waals surface area (Å²) in [5.74, 6) is 1.77. The van der Waals surface area contributed by atoms with Crippen molar-refractivity contribution in [3.63, 3.8) is 0 Å². The summed E-state index contributed by atoms with van der Waals surface area (Å²) in [5, 5.41) is 3.15. The first kappa shape index (κ1) is 14.5. The summed E-state index contributed by atoms with van der Waals surface area (Å²) >= 11 is 2.32. The van der Waals surface area contributed by atoms with Crippen molar-refractivity contribution in [3.05, 3.63) is 9.26 Å². The molecule has 1 aromatic heterocycles. The molecule has 0 unspecified atom stereocenters. The van der Waals surface area contributed by atoms with E-state index < -0.39 is 0 Å². The van der Waals surface area contributed by atoms with Crippen molar-refractivity contribution >= 4 is 34.4 Å². The Bertz CT molecular complexity index is 364. The van der Waals surface area contributed by atoms with Crippen LogP contribution in [0, 0.1) is 3.57 Å². The molecule has 0 saturated carbocycles. The number of nitrogens with one attached hydrogen (secondary N) is 1. The molecule has 1 heterocycles. The molecule has 0 saturated heterocycles. The second-order valence-corrected chi connectivity index (χ2v) is 4.88. The van der Waals surface area contributed by atoms with Gasteiger partial charge in [0.05, 0.1) is 9.26 Å². The van der Waals surface area contributed by atoms with E-state index in [1.807, 2.05) is 7.05 Å². The fraction of sp³-hybridized carbons (Fsp3) is 0.667. The average molecular weight is 348 g/mol. The lowest BCUT2D eigenvalue weighted by Gasteiger charge is -2.20. The highest BCUT2D eigenvalue weighted by Gasteiger charge is 2.13. The molecule has 0 radical (unpaired) electrons. The first-order chi connectivity index (χ1) is 8.17. The molecule has 0 aliphatic heterocycles. The van der Waals surface area contributed by atoms with Crippen molar-refractivity contribution in [2.45, 2.75) is 33.6 Å². The lowest BCUT2D eigenvalue weighted by Crippen LogP contribution is -2.25. The summed E-state index contributed by atoms with van der Waals surface area (Å²) < 4.78 is 1.14. The van der Waals surface area contributed by atoms with Gasteiger partial charge in [-0.15, -0.1) is 0 Å². The average Bonchev–Trinajstić information content (AvgIpc) is 2.34. The smallest absolute Gasteiger partial charge is 0.227 e. The molecule has 5 heteroatoms. The Morgan fingerprint density at radius 3 is 2.29 bits per heavy atom. The molecule has 4 nitrogen and oxygen atoms in total. The van der Waals surface area contributed by atoms with Gasteiger partial charge < -0.3 is 10.2 Å². The summed E-state index contributed by atoms with van der Waals surface area (Å²) in [5.41, 5.74) is 1.15. The van der Waals surface area contributed by atoms with Crippen LogP contribution in [-0.4, -0.2) is 30.1 Å². The highest BCUT2D eigenvalue weighted by atomic mass is 127. The number of aryl methyl sites for hydroxylation is 1. The molecule has 1 rings (SSSR count). The molecule has 0 amide bonds. The van der Waals surface area contributed by atoms with Gasteiger partial charge in [-0.1, -0.05) is 13.3 Å². The first-order valence-corrected chi connectivity index (χ1v) is 7.24. The van der Waals surface area contributed by atoms with Gasteiger partial charge in [0.2, 0.25) is 5.95 Å². The van der Waals surface area contributed by atoms with Gasteiger partial charge in [-0.2, -0.15) is 4.98 Å². The number of halogens is 1. The van der Waals surface area contributed by atoms with E-state index in [1.165, 1.54) is 0 Å². The maximum absolute atomic E-state index is 4.68. The van der Waals surface area contributed by atoms with Crippen molar-refractivity contribution < 1.29 is 0 Å². The molecule has 1 aromatic rings. The third kappa shape index (κ3) is 3.43. The van der Waals surface area contributed by atoms with Crippen LogP contribution in [0.25, 0.3) is 0 Å². The minimum atomic E-state index is 0.836. The van der Waals surface area contributed by atoms with Crippen LogP contribution in [-0.2, 0) is 6.42 Å². The standard InChI is InChI=1S/C12H21IN4/c1-5-8-9-10(13)11(14-4)16-12(15-9)17(6-2)7-3/h5-8H2,1-4H3,(H,14,15,16). The van der Waals surface area contributed by atoms with E-state index in [0.29, 0.717) is 0 Å². The molecule has 0 aliphatic carbocycles. The van der Waals surface area contributed by atoms with Crippen molar-refractivity contribution in [1.29, 1.82) is 0 Å². The molecular formula is C12H21IN4. The Morgan fingerprint density at radius 1 is 1.18 bits per heavy atom. The van der Waals surface area contributed by atoms with Crippen LogP contribution < -0.4 is 10.2 Å². The maximum atomic E-state index is 4.68. The molecule has 0 atom stereocenters. The van der Waals surface area contributed by atoms with Gasteiger partial charge in [-0.05, 0) is 42.9 Å². The number of hydrogen-bond acceptors (Lipinski definition) is 4. The van der Waals surface area contributed by atoms with Crippen LogP contribution in [0.4, 0.5) is 11.8 Å². The molecule has 17 heavy (non-hydrogen) atoms. The van der Waals surface area contributed by atoms with Crippen molar-refractivity contribution in [1.82, 2.24) is 9.97 Å². The minimum absolute atomic E-state index is 0.836. The lowest BCUT2D eigenvalue weighted by atomic mass is 10.2. The summed E-state index contributed by atoms with van der Waals surface area (Å²) in [6.45, 7) is 8.30. The summed E-state index contributed by atoms with van der Waals surface area (Å²) in [6.07, 6.45) is 2.11. The fourth-order valence-electron chi connectivity index (χ4n) is 1.70. The number of nitrogens with zero attached hydrogens (tertiary/aromatic N) is 3. The van der Waals surface area contributed by atoms with Crippen LogP contribution in [0.5, 0.6) is 0 Å². The number of hydrogen-bond donors (Lipinski definition) is 1. The molecule has 0 fully saturated rings. The van der Waals surface area contributed by atoms with E-state index in [9.17, 15) is 0 Å². The van der Waals surface area contributed by atoms with Crippen molar-refractivity contribution in [2.75, 3.05) is 30.4 Å². The third-order valence-electron chi connectivity index (χ3n) is 2.68. The molecule has 1 N–H and O–H groups in total. The normalized spacial score (nSPS) is 10.4. The molecule has 0 spiro atoms. The fourth-order valence-corrected chi connectivity index (χ4v) is 2.48. The Kier molecular flexibility index (Phi) is 5.94. The van der Waals surface area contributed by atoms with Gasteiger partial charge in [0, 0.05) is 20.1 Å². The molecule has 0 bridgehead atoms. The van der Waals surface area contributed by atoms with E-state index in [0.717, 1.165) is 47.0 Å². The van der Waals surface area contributed by atoms with Crippen molar-refractivity contribution in [2.24, 2.45) is 0 Å². The second kappa shape index (κ2) is 6.98. The largest absolute Gasteiger partial charge is 0.372 e. The Balaban J connectivity index is 3.18. The van der Waals surface area contributed by atoms with E-state index in [1.54, 1.807) is 0 Å². The predicted molar refractivity (Wildman–Crippen MR) is 81.9 cm³/mol. The van der Waals surface area contributed by atoms with Crippen LogP contribution in [0.2, 0.25) is 0 Å². The first-order valence-electron chi connectivity index (χ1n) is 6.16. The lowest BCUT2D eigenvalue weighted by molar-refractivity contribution is 0.795. The summed E-state index contributed by atoms with van der Waals surface area (Å²) in [4.78, 5) is 11.4. The van der Waals surface area contributed by atoms with Gasteiger partial charge >= 0.3 is 0 Å². The zero-order valence-corrected chi connectivity index (χ0v) is 13.2. The van der Waals surface area contributed by atoms with E-state index >= 15 is 0 Å². The van der Waals surface area contributed by atoms with Gasteiger partial charge in [0.25, 0.3) is 0 Å². The number of aromatic nitrogens is 2. The van der Waals surface area contributed by atoms with Gasteiger partial charge in [0.15, 0.2) is 0 Å². The third-order valence-corrected chi connectivity index (χ3v) is 3.81. The molecule has 0 aromatic carbocycles. The molecule has 96 valence electrons. The van der Waals surface area contributed by atoms with Crippen LogP contribution in [0.3, 0.4) is 0 Å². The highest BCUT2D eigenvalue weighted by molar-refractivity contribution is 14.1. The molecule has 0 aliphatic rings. The van der Waals surface area contributed by atoms with Crippen LogP contribution in [0.15, 0.2) is 0 Å². The quantitative estimate of drug-likeness (QED) is 0.803. The van der Waals surface area contributed by atoms with E-state index in [4.69, 9.17) is 0 Å². The predicted octanol–water partition coefficient (Wildman–Crippen LogP) is 2.92. The monoisotopic (exact) mass is 348 g/mol. The summed E-state index contributed by atoms with van der Waals surface area (Å²) in [6, 6.07) is 0. The summed E-state index contributed by atoms with van der Waals surface area (Å²) in [7, 11) is 1.91. The topological polar surface area (TPSA) is 41.1 Å². The Morgan fingerprint density at radius 2 is 1.82 bits per heavy atom. The van der Waals surface area contributed by atoms with Crippen LogP contribution in [0.1, 0.15) is 32.9 Å². The zero-order valence-electron chi connectivity index (χ0n) is 11.0. The van der Waals surface area contributed by atoms with Gasteiger partial charge in [-0.25, -0.2) is 4.98 Å².